The Bertz CT molecular complexity index is 959. The number of aliphatic hydroxyl groups is 1. The lowest BCUT2D eigenvalue weighted by Crippen LogP contribution is -2.13. The molecule has 124 valence electrons. The van der Waals surface area contributed by atoms with E-state index in [1.807, 2.05) is 30.3 Å². The van der Waals surface area contributed by atoms with E-state index in [4.69, 9.17) is 0 Å². The largest absolute Gasteiger partial charge is 0.387 e. The molecule has 0 bridgehead atoms. The molecule has 6 nitrogen and oxygen atoms in total. The molecule has 2 aromatic carbocycles. The zero-order valence-electron chi connectivity index (χ0n) is 13.0. The molecule has 1 heterocycles. The van der Waals surface area contributed by atoms with Crippen molar-refractivity contribution in [2.45, 2.75) is 11.0 Å². The number of aliphatic hydroxyl groups excluding tert-OH is 1. The van der Waals surface area contributed by atoms with Crippen LogP contribution in [0.5, 0.6) is 0 Å². The van der Waals surface area contributed by atoms with Crippen LogP contribution < -0.4 is 5.32 Å². The number of aromatic nitrogens is 2. The molecule has 0 spiro atoms. The molecule has 0 fully saturated rings. The number of hydrogen-bond acceptors (Lipinski definition) is 6. The van der Waals surface area contributed by atoms with Crippen LogP contribution in [-0.2, 0) is 9.84 Å². The minimum absolute atomic E-state index is 0.205. The highest BCUT2D eigenvalue weighted by Gasteiger charge is 2.12. The summed E-state index contributed by atoms with van der Waals surface area (Å²) >= 11 is 0. The molecule has 3 aromatic rings. The van der Waals surface area contributed by atoms with Gasteiger partial charge < -0.3 is 10.4 Å². The second kappa shape index (κ2) is 6.54. The van der Waals surface area contributed by atoms with E-state index in [1.54, 1.807) is 12.1 Å². The molecule has 7 heteroatoms. The number of sulfone groups is 1. The number of hydrogen-bond donors (Lipinski definition) is 2. The van der Waals surface area contributed by atoms with E-state index in [-0.39, 0.29) is 11.4 Å². The van der Waals surface area contributed by atoms with E-state index in [0.717, 1.165) is 11.8 Å². The third-order valence-electron chi connectivity index (χ3n) is 3.68. The summed E-state index contributed by atoms with van der Waals surface area (Å²) in [6.07, 6.45) is 1.86. The van der Waals surface area contributed by atoms with Crippen molar-refractivity contribution in [1.82, 2.24) is 9.97 Å². The maximum absolute atomic E-state index is 11.7. The van der Waals surface area contributed by atoms with Gasteiger partial charge in [0, 0.05) is 18.2 Å². The van der Waals surface area contributed by atoms with E-state index < -0.39 is 15.9 Å². The maximum atomic E-state index is 11.7. The van der Waals surface area contributed by atoms with Crippen molar-refractivity contribution < 1.29 is 13.5 Å². The standard InChI is InChI=1S/C17H17N3O3S/c1-24(22,23)13-7-8-15-14(9-13)17(20-11-19-15)18-10-16(21)12-5-3-2-4-6-12/h2-9,11,16,21H,10H2,1H3,(H,18,19,20)/t16-/m1/s1. The van der Waals surface area contributed by atoms with Crippen LogP contribution in [0.25, 0.3) is 10.9 Å². The average molecular weight is 343 g/mol. The second-order valence-electron chi connectivity index (χ2n) is 5.48. The Morgan fingerprint density at radius 2 is 1.88 bits per heavy atom. The molecule has 0 amide bonds. The van der Waals surface area contributed by atoms with Crippen LogP contribution in [0.15, 0.2) is 59.8 Å². The molecule has 0 aliphatic heterocycles. The first-order valence-corrected chi connectivity index (χ1v) is 9.26. The van der Waals surface area contributed by atoms with Gasteiger partial charge in [-0.2, -0.15) is 0 Å². The van der Waals surface area contributed by atoms with E-state index in [2.05, 4.69) is 15.3 Å². The topological polar surface area (TPSA) is 92.2 Å². The predicted octanol–water partition coefficient (Wildman–Crippen LogP) is 2.18. The molecule has 1 atom stereocenters. The van der Waals surface area contributed by atoms with Crippen molar-refractivity contribution in [3.05, 3.63) is 60.4 Å². The lowest BCUT2D eigenvalue weighted by molar-refractivity contribution is 0.191. The Balaban J connectivity index is 1.89. The molecule has 2 N–H and O–H groups in total. The normalized spacial score (nSPS) is 12.9. The Hall–Kier alpha value is -2.51. The lowest BCUT2D eigenvalue weighted by atomic mass is 10.1. The third kappa shape index (κ3) is 3.52. The summed E-state index contributed by atoms with van der Waals surface area (Å²) in [6.45, 7) is 0.249. The quantitative estimate of drug-likeness (QED) is 0.738. The molecular weight excluding hydrogens is 326 g/mol. The monoisotopic (exact) mass is 343 g/mol. The number of anilines is 1. The Morgan fingerprint density at radius 3 is 2.58 bits per heavy atom. The number of rotatable bonds is 5. The molecule has 3 rings (SSSR count). The van der Waals surface area contributed by atoms with Gasteiger partial charge in [0.15, 0.2) is 9.84 Å². The van der Waals surface area contributed by atoms with Crippen LogP contribution in [0.3, 0.4) is 0 Å². The molecule has 0 radical (unpaired) electrons. The van der Waals surface area contributed by atoms with Crippen molar-refractivity contribution in [3.8, 4) is 0 Å². The summed E-state index contributed by atoms with van der Waals surface area (Å²) in [5.74, 6) is 0.487. The summed E-state index contributed by atoms with van der Waals surface area (Å²) in [7, 11) is -3.32. The summed E-state index contributed by atoms with van der Waals surface area (Å²) in [5, 5.41) is 13.9. The summed E-state index contributed by atoms with van der Waals surface area (Å²) in [6, 6.07) is 14.0. The summed E-state index contributed by atoms with van der Waals surface area (Å²) in [4.78, 5) is 8.51. The second-order valence-corrected chi connectivity index (χ2v) is 7.50. The van der Waals surface area contributed by atoms with Crippen LogP contribution in [0.1, 0.15) is 11.7 Å². The molecular formula is C17H17N3O3S. The van der Waals surface area contributed by atoms with Gasteiger partial charge >= 0.3 is 0 Å². The SMILES string of the molecule is CS(=O)(=O)c1ccc2ncnc(NC[C@@H](O)c3ccccc3)c2c1. The van der Waals surface area contributed by atoms with Crippen molar-refractivity contribution in [2.75, 3.05) is 18.1 Å². The highest BCUT2D eigenvalue weighted by atomic mass is 32.2. The van der Waals surface area contributed by atoms with Crippen molar-refractivity contribution in [2.24, 2.45) is 0 Å². The Kier molecular flexibility index (Phi) is 4.46. The molecule has 0 aliphatic carbocycles. The minimum atomic E-state index is -3.32. The van der Waals surface area contributed by atoms with Gasteiger partial charge in [-0.05, 0) is 23.8 Å². The molecule has 0 unspecified atom stereocenters. The van der Waals surface area contributed by atoms with Crippen LogP contribution in [0.2, 0.25) is 0 Å². The van der Waals surface area contributed by atoms with E-state index >= 15 is 0 Å². The molecule has 24 heavy (non-hydrogen) atoms. The highest BCUT2D eigenvalue weighted by molar-refractivity contribution is 7.90. The fraction of sp³-hybridized carbons (Fsp3) is 0.176. The number of benzene rings is 2. The van der Waals surface area contributed by atoms with Gasteiger partial charge in [-0.15, -0.1) is 0 Å². The summed E-state index contributed by atoms with van der Waals surface area (Å²) < 4.78 is 23.5. The Labute approximate surface area is 140 Å². The van der Waals surface area contributed by atoms with Crippen LogP contribution in [0.4, 0.5) is 5.82 Å². The highest BCUT2D eigenvalue weighted by Crippen LogP contribution is 2.23. The van der Waals surface area contributed by atoms with Crippen molar-refractivity contribution >= 4 is 26.6 Å². The smallest absolute Gasteiger partial charge is 0.175 e. The van der Waals surface area contributed by atoms with Gasteiger partial charge in [-0.25, -0.2) is 18.4 Å². The van der Waals surface area contributed by atoms with Gasteiger partial charge in [0.1, 0.15) is 12.1 Å². The molecule has 0 saturated heterocycles. The Morgan fingerprint density at radius 1 is 1.12 bits per heavy atom. The lowest BCUT2D eigenvalue weighted by Gasteiger charge is -2.14. The van der Waals surface area contributed by atoms with Crippen LogP contribution >= 0.6 is 0 Å². The molecule has 1 aromatic heterocycles. The maximum Gasteiger partial charge on any atom is 0.175 e. The number of nitrogens with zero attached hydrogens (tertiary/aromatic N) is 2. The molecule has 0 aliphatic rings. The van der Waals surface area contributed by atoms with Gasteiger partial charge in [0.25, 0.3) is 0 Å². The van der Waals surface area contributed by atoms with E-state index in [9.17, 15) is 13.5 Å². The fourth-order valence-corrected chi connectivity index (χ4v) is 3.04. The van der Waals surface area contributed by atoms with Crippen molar-refractivity contribution in [3.63, 3.8) is 0 Å². The average Bonchev–Trinajstić information content (AvgIpc) is 2.59. The van der Waals surface area contributed by atoms with Gasteiger partial charge in [0.2, 0.25) is 0 Å². The van der Waals surface area contributed by atoms with Crippen LogP contribution in [0, 0.1) is 0 Å². The van der Waals surface area contributed by atoms with Gasteiger partial charge in [-0.3, -0.25) is 0 Å². The van der Waals surface area contributed by atoms with Crippen molar-refractivity contribution in [1.29, 1.82) is 0 Å². The summed E-state index contributed by atoms with van der Waals surface area (Å²) in [5.41, 5.74) is 1.43. The predicted molar refractivity (Wildman–Crippen MR) is 92.5 cm³/mol. The third-order valence-corrected chi connectivity index (χ3v) is 4.79. The van der Waals surface area contributed by atoms with Gasteiger partial charge in [-0.1, -0.05) is 30.3 Å². The fourth-order valence-electron chi connectivity index (χ4n) is 2.39. The minimum Gasteiger partial charge on any atom is -0.387 e. The van der Waals surface area contributed by atoms with E-state index in [0.29, 0.717) is 16.7 Å². The first-order valence-electron chi connectivity index (χ1n) is 7.37. The number of nitrogens with one attached hydrogen (secondary N) is 1. The zero-order chi connectivity index (χ0) is 17.2. The zero-order valence-corrected chi connectivity index (χ0v) is 13.9. The van der Waals surface area contributed by atoms with Crippen LogP contribution in [-0.4, -0.2) is 36.3 Å². The van der Waals surface area contributed by atoms with E-state index in [1.165, 1.54) is 12.4 Å². The first-order chi connectivity index (χ1) is 11.4. The number of fused-ring (bicyclic) bond motifs is 1. The molecule has 0 saturated carbocycles. The first kappa shape index (κ1) is 16.4. The van der Waals surface area contributed by atoms with Gasteiger partial charge in [0.05, 0.1) is 16.5 Å².